The Morgan fingerprint density at radius 1 is 1.14 bits per heavy atom. The number of fused-ring (bicyclic) bond motifs is 1. The van der Waals surface area contributed by atoms with Crippen LogP contribution in [0.1, 0.15) is 50.6 Å². The highest BCUT2D eigenvalue weighted by Gasteiger charge is 2.28. The van der Waals surface area contributed by atoms with E-state index in [4.69, 9.17) is 4.74 Å². The van der Waals surface area contributed by atoms with Crippen molar-refractivity contribution in [2.45, 2.75) is 56.5 Å². The summed E-state index contributed by atoms with van der Waals surface area (Å²) in [6.07, 6.45) is 6.39. The van der Waals surface area contributed by atoms with E-state index >= 15 is 0 Å². The Kier molecular flexibility index (Phi) is 7.30. The Bertz CT molecular complexity index is 882. The fourth-order valence-electron chi connectivity index (χ4n) is 3.78. The summed E-state index contributed by atoms with van der Waals surface area (Å²) in [5, 5.41) is 0.837. The van der Waals surface area contributed by atoms with Gasteiger partial charge in [-0.1, -0.05) is 38.7 Å². The molecule has 28 heavy (non-hydrogen) atoms. The molecule has 1 aliphatic rings. The van der Waals surface area contributed by atoms with E-state index < -0.39 is 11.6 Å². The maximum absolute atomic E-state index is 13.9. The van der Waals surface area contributed by atoms with E-state index in [1.165, 1.54) is 25.3 Å². The second-order valence-corrected chi connectivity index (χ2v) is 8.28. The van der Waals surface area contributed by atoms with E-state index in [2.05, 4.69) is 6.92 Å². The van der Waals surface area contributed by atoms with Crippen LogP contribution in [-0.2, 0) is 11.2 Å². The topological polar surface area (TPSA) is 31.2 Å². The lowest BCUT2D eigenvalue weighted by molar-refractivity contribution is 0.161. The quantitative estimate of drug-likeness (QED) is 0.507. The van der Waals surface area contributed by atoms with Gasteiger partial charge in [0, 0.05) is 24.5 Å². The van der Waals surface area contributed by atoms with Gasteiger partial charge in [0.05, 0.1) is 17.7 Å². The summed E-state index contributed by atoms with van der Waals surface area (Å²) in [7, 11) is 1.62. The molecular weight excluding hydrogens is 380 g/mol. The Labute approximate surface area is 169 Å². The highest BCUT2D eigenvalue weighted by molar-refractivity contribution is 7.99. The second kappa shape index (κ2) is 9.70. The number of methoxy groups -OCH3 is 1. The van der Waals surface area contributed by atoms with Gasteiger partial charge in [0.25, 0.3) is 5.56 Å². The highest BCUT2D eigenvalue weighted by atomic mass is 32.2. The zero-order valence-electron chi connectivity index (χ0n) is 16.5. The molecule has 1 aliphatic heterocycles. The Hall–Kier alpha value is -1.66. The summed E-state index contributed by atoms with van der Waals surface area (Å²) >= 11 is 1.59. The van der Waals surface area contributed by atoms with Crippen molar-refractivity contribution in [3.05, 3.63) is 51.8 Å². The van der Waals surface area contributed by atoms with E-state index in [-0.39, 0.29) is 11.6 Å². The van der Waals surface area contributed by atoms with Crippen molar-refractivity contribution in [1.29, 1.82) is 0 Å². The number of rotatable bonds is 9. The van der Waals surface area contributed by atoms with Crippen LogP contribution in [0.25, 0.3) is 11.1 Å². The number of unbranched alkanes of at least 4 members (excludes halogenated alkanes) is 4. The molecule has 0 fully saturated rings. The normalized spacial score (nSPS) is 15.8. The average molecular weight is 408 g/mol. The maximum Gasteiger partial charge on any atom is 0.252 e. The SMILES string of the molecule is CCCCCCCc1cc(=O)n2c(c1-c1ccc(F)c(F)c1)SC[C@H]2COC. The van der Waals surface area contributed by atoms with Crippen LogP contribution in [0, 0.1) is 11.6 Å². The first-order valence-electron chi connectivity index (χ1n) is 9.92. The first kappa shape index (κ1) is 21.1. The van der Waals surface area contributed by atoms with Crippen LogP contribution < -0.4 is 5.56 Å². The molecule has 3 nitrogen and oxygen atoms in total. The van der Waals surface area contributed by atoms with Crippen molar-refractivity contribution >= 4 is 11.8 Å². The van der Waals surface area contributed by atoms with Crippen LogP contribution in [0.4, 0.5) is 8.78 Å². The Morgan fingerprint density at radius 3 is 2.64 bits per heavy atom. The number of benzene rings is 1. The maximum atomic E-state index is 13.9. The van der Waals surface area contributed by atoms with E-state index in [9.17, 15) is 13.6 Å². The molecule has 1 aromatic carbocycles. The van der Waals surface area contributed by atoms with Gasteiger partial charge in [0.2, 0.25) is 0 Å². The standard InChI is InChI=1S/C22H27F2NO2S/c1-3-4-5-6-7-8-15-12-20(26)25-17(13-27-2)14-28-22(25)21(15)16-9-10-18(23)19(24)11-16/h9-12,17H,3-8,13-14H2,1-2H3/t17-/m1/s1. The number of ether oxygens (including phenoxy) is 1. The number of nitrogens with zero attached hydrogens (tertiary/aromatic N) is 1. The number of hydrogen-bond acceptors (Lipinski definition) is 3. The third-order valence-electron chi connectivity index (χ3n) is 5.18. The zero-order valence-corrected chi connectivity index (χ0v) is 17.3. The lowest BCUT2D eigenvalue weighted by Crippen LogP contribution is -2.26. The highest BCUT2D eigenvalue weighted by Crippen LogP contribution is 2.41. The van der Waals surface area contributed by atoms with Crippen molar-refractivity contribution in [2.75, 3.05) is 19.5 Å². The van der Waals surface area contributed by atoms with Crippen molar-refractivity contribution < 1.29 is 13.5 Å². The predicted molar refractivity (Wildman–Crippen MR) is 110 cm³/mol. The predicted octanol–water partition coefficient (Wildman–Crippen LogP) is 5.60. The summed E-state index contributed by atoms with van der Waals surface area (Å²) in [5.74, 6) is -0.994. The molecule has 0 amide bonds. The lowest BCUT2D eigenvalue weighted by Gasteiger charge is -2.18. The summed E-state index contributed by atoms with van der Waals surface area (Å²) in [4.78, 5) is 12.8. The Morgan fingerprint density at radius 2 is 1.93 bits per heavy atom. The zero-order chi connectivity index (χ0) is 20.1. The molecule has 0 bridgehead atoms. The van der Waals surface area contributed by atoms with Gasteiger partial charge < -0.3 is 4.74 Å². The van der Waals surface area contributed by atoms with E-state index in [1.54, 1.807) is 35.6 Å². The summed E-state index contributed by atoms with van der Waals surface area (Å²) in [5.41, 5.74) is 2.36. The molecule has 2 heterocycles. The van der Waals surface area contributed by atoms with Crippen LogP contribution in [0.5, 0.6) is 0 Å². The third-order valence-corrected chi connectivity index (χ3v) is 6.41. The molecule has 1 atom stereocenters. The van der Waals surface area contributed by atoms with Gasteiger partial charge in [-0.3, -0.25) is 9.36 Å². The smallest absolute Gasteiger partial charge is 0.252 e. The molecule has 0 saturated carbocycles. The fraction of sp³-hybridized carbons (Fsp3) is 0.500. The van der Waals surface area contributed by atoms with Crippen LogP contribution in [0.3, 0.4) is 0 Å². The molecule has 0 radical (unpaired) electrons. The molecule has 6 heteroatoms. The minimum absolute atomic E-state index is 0.0415. The van der Waals surface area contributed by atoms with Crippen LogP contribution >= 0.6 is 11.8 Å². The number of pyridine rings is 1. The van der Waals surface area contributed by atoms with Crippen LogP contribution in [-0.4, -0.2) is 24.0 Å². The molecule has 0 unspecified atom stereocenters. The molecule has 152 valence electrons. The van der Waals surface area contributed by atoms with Crippen molar-refractivity contribution in [2.24, 2.45) is 0 Å². The number of hydrogen-bond donors (Lipinski definition) is 0. The van der Waals surface area contributed by atoms with Crippen LogP contribution in [0.2, 0.25) is 0 Å². The van der Waals surface area contributed by atoms with Gasteiger partial charge >= 0.3 is 0 Å². The van der Waals surface area contributed by atoms with Crippen molar-refractivity contribution in [3.63, 3.8) is 0 Å². The average Bonchev–Trinajstić information content (AvgIpc) is 3.09. The number of aromatic nitrogens is 1. The summed E-state index contributed by atoms with van der Waals surface area (Å²) < 4.78 is 34.5. The van der Waals surface area contributed by atoms with Gasteiger partial charge in [0.15, 0.2) is 11.6 Å². The van der Waals surface area contributed by atoms with Crippen molar-refractivity contribution in [1.82, 2.24) is 4.57 Å². The number of thioether (sulfide) groups is 1. The first-order chi connectivity index (χ1) is 13.6. The van der Waals surface area contributed by atoms with E-state index in [1.807, 2.05) is 0 Å². The van der Waals surface area contributed by atoms with E-state index in [0.717, 1.165) is 47.2 Å². The fourth-order valence-corrected chi connectivity index (χ4v) is 5.14. The molecule has 2 aromatic rings. The van der Waals surface area contributed by atoms with Gasteiger partial charge in [-0.15, -0.1) is 11.8 Å². The monoisotopic (exact) mass is 407 g/mol. The second-order valence-electron chi connectivity index (χ2n) is 7.27. The Balaban J connectivity index is 2.02. The third kappa shape index (κ3) is 4.49. The number of aryl methyl sites for hydroxylation is 1. The van der Waals surface area contributed by atoms with Gasteiger partial charge in [-0.2, -0.15) is 0 Å². The summed E-state index contributed by atoms with van der Waals surface area (Å²) in [6, 6.07) is 5.63. The van der Waals surface area contributed by atoms with E-state index in [0.29, 0.717) is 12.2 Å². The minimum Gasteiger partial charge on any atom is -0.383 e. The van der Waals surface area contributed by atoms with Crippen LogP contribution in [0.15, 0.2) is 34.1 Å². The minimum atomic E-state index is -0.868. The lowest BCUT2D eigenvalue weighted by atomic mass is 9.96. The molecule has 0 saturated heterocycles. The molecule has 0 N–H and O–H groups in total. The molecule has 0 aliphatic carbocycles. The molecule has 3 rings (SSSR count). The number of halogens is 2. The summed E-state index contributed by atoms with van der Waals surface area (Å²) in [6.45, 7) is 2.63. The molecule has 1 aromatic heterocycles. The van der Waals surface area contributed by atoms with Gasteiger partial charge in [-0.05, 0) is 36.1 Å². The van der Waals surface area contributed by atoms with Gasteiger partial charge in [-0.25, -0.2) is 8.78 Å². The van der Waals surface area contributed by atoms with Crippen molar-refractivity contribution in [3.8, 4) is 11.1 Å². The molecular formula is C22H27F2NO2S. The largest absolute Gasteiger partial charge is 0.383 e. The molecule has 0 spiro atoms. The van der Waals surface area contributed by atoms with Gasteiger partial charge in [0.1, 0.15) is 0 Å². The first-order valence-corrected chi connectivity index (χ1v) is 10.9.